The summed E-state index contributed by atoms with van der Waals surface area (Å²) in [5.74, 6) is 0. The van der Waals surface area contributed by atoms with Gasteiger partial charge in [0.05, 0.1) is 4.92 Å². The Kier molecular flexibility index (Phi) is 5.40. The summed E-state index contributed by atoms with van der Waals surface area (Å²) in [5, 5.41) is 14.5. The first-order valence-electron chi connectivity index (χ1n) is 7.09. The predicted octanol–water partition coefficient (Wildman–Crippen LogP) is 3.27. The van der Waals surface area contributed by atoms with Crippen LogP contribution in [0.2, 0.25) is 0 Å². The van der Waals surface area contributed by atoms with Crippen LogP contribution in [0.15, 0.2) is 48.7 Å². The summed E-state index contributed by atoms with van der Waals surface area (Å²) >= 11 is 0. The van der Waals surface area contributed by atoms with Crippen LogP contribution in [0.3, 0.4) is 0 Å². The van der Waals surface area contributed by atoms with Gasteiger partial charge in [0.1, 0.15) is 5.69 Å². The van der Waals surface area contributed by atoms with E-state index in [9.17, 15) is 10.1 Å². The lowest BCUT2D eigenvalue weighted by atomic mass is 10.0. The minimum absolute atomic E-state index is 0.0275. The molecule has 2 rings (SSSR count). The van der Waals surface area contributed by atoms with Crippen molar-refractivity contribution in [2.24, 2.45) is 0 Å². The maximum Gasteiger partial charge on any atom is 0.290 e. The van der Waals surface area contributed by atoms with E-state index in [1.807, 2.05) is 30.3 Å². The standard InChI is InChI=1S/C16H19N3O2/c1-2-10-17-14(13-7-4-3-5-8-13)12-15-16(19(20)21)9-6-11-18-15/h3-9,11,14,17H,2,10,12H2,1H3. The molecule has 1 aromatic carbocycles. The van der Waals surface area contributed by atoms with Crippen molar-refractivity contribution in [3.63, 3.8) is 0 Å². The molecule has 5 nitrogen and oxygen atoms in total. The summed E-state index contributed by atoms with van der Waals surface area (Å²) in [6.45, 7) is 2.96. The van der Waals surface area contributed by atoms with Crippen LogP contribution < -0.4 is 5.32 Å². The highest BCUT2D eigenvalue weighted by atomic mass is 16.6. The van der Waals surface area contributed by atoms with Crippen LogP contribution in [0.25, 0.3) is 0 Å². The molecular formula is C16H19N3O2. The van der Waals surface area contributed by atoms with Crippen LogP contribution in [-0.4, -0.2) is 16.5 Å². The highest BCUT2D eigenvalue weighted by Gasteiger charge is 2.19. The van der Waals surface area contributed by atoms with E-state index >= 15 is 0 Å². The number of hydrogen-bond donors (Lipinski definition) is 1. The van der Waals surface area contributed by atoms with Crippen molar-refractivity contribution in [1.29, 1.82) is 0 Å². The van der Waals surface area contributed by atoms with Crippen LogP contribution in [0.4, 0.5) is 5.69 Å². The van der Waals surface area contributed by atoms with Crippen LogP contribution in [-0.2, 0) is 6.42 Å². The van der Waals surface area contributed by atoms with Crippen LogP contribution in [0.5, 0.6) is 0 Å². The second kappa shape index (κ2) is 7.50. The Labute approximate surface area is 124 Å². The van der Waals surface area contributed by atoms with Gasteiger partial charge in [-0.2, -0.15) is 0 Å². The fraction of sp³-hybridized carbons (Fsp3) is 0.312. The molecular weight excluding hydrogens is 266 g/mol. The second-order valence-corrected chi connectivity index (χ2v) is 4.85. The lowest BCUT2D eigenvalue weighted by Crippen LogP contribution is -2.24. The molecule has 0 spiro atoms. The fourth-order valence-electron chi connectivity index (χ4n) is 2.26. The minimum Gasteiger partial charge on any atom is -0.310 e. The third kappa shape index (κ3) is 4.10. The number of nitrogens with one attached hydrogen (secondary N) is 1. The Morgan fingerprint density at radius 1 is 1.24 bits per heavy atom. The number of aromatic nitrogens is 1. The van der Waals surface area contributed by atoms with Gasteiger partial charge in [-0.05, 0) is 24.6 Å². The average molecular weight is 285 g/mol. The molecule has 1 unspecified atom stereocenters. The molecule has 110 valence electrons. The first-order chi connectivity index (χ1) is 10.2. The van der Waals surface area contributed by atoms with Crippen molar-refractivity contribution in [3.8, 4) is 0 Å². The highest BCUT2D eigenvalue weighted by molar-refractivity contribution is 5.36. The minimum atomic E-state index is -0.371. The number of pyridine rings is 1. The summed E-state index contributed by atoms with van der Waals surface area (Å²) in [6.07, 6.45) is 3.11. The number of rotatable bonds is 7. The van der Waals surface area contributed by atoms with Crippen molar-refractivity contribution in [2.45, 2.75) is 25.8 Å². The van der Waals surface area contributed by atoms with Gasteiger partial charge in [-0.25, -0.2) is 0 Å². The topological polar surface area (TPSA) is 68.1 Å². The van der Waals surface area contributed by atoms with E-state index in [1.54, 1.807) is 12.3 Å². The van der Waals surface area contributed by atoms with E-state index in [0.717, 1.165) is 18.5 Å². The van der Waals surface area contributed by atoms with Gasteiger partial charge in [-0.15, -0.1) is 0 Å². The lowest BCUT2D eigenvalue weighted by molar-refractivity contribution is -0.386. The molecule has 1 atom stereocenters. The molecule has 0 saturated carbocycles. The van der Waals surface area contributed by atoms with E-state index in [2.05, 4.69) is 17.2 Å². The molecule has 1 heterocycles. The average Bonchev–Trinajstić information content (AvgIpc) is 2.52. The molecule has 1 aromatic heterocycles. The molecule has 0 radical (unpaired) electrons. The second-order valence-electron chi connectivity index (χ2n) is 4.85. The van der Waals surface area contributed by atoms with Gasteiger partial charge in [0.2, 0.25) is 0 Å². The van der Waals surface area contributed by atoms with Gasteiger partial charge >= 0.3 is 0 Å². The van der Waals surface area contributed by atoms with Crippen LogP contribution >= 0.6 is 0 Å². The summed E-state index contributed by atoms with van der Waals surface area (Å²) in [5.41, 5.74) is 1.71. The summed E-state index contributed by atoms with van der Waals surface area (Å²) < 4.78 is 0. The van der Waals surface area contributed by atoms with Gasteiger partial charge in [0.15, 0.2) is 0 Å². The summed E-state index contributed by atoms with van der Waals surface area (Å²) in [7, 11) is 0. The molecule has 1 N–H and O–H groups in total. The quantitative estimate of drug-likeness (QED) is 0.626. The van der Waals surface area contributed by atoms with Gasteiger partial charge in [-0.3, -0.25) is 15.1 Å². The molecule has 21 heavy (non-hydrogen) atoms. The summed E-state index contributed by atoms with van der Waals surface area (Å²) in [6, 6.07) is 13.1. The molecule has 0 aliphatic heterocycles. The zero-order valence-electron chi connectivity index (χ0n) is 12.0. The molecule has 0 amide bonds. The van der Waals surface area contributed by atoms with Crippen LogP contribution in [0.1, 0.15) is 30.6 Å². The predicted molar refractivity (Wildman–Crippen MR) is 82.1 cm³/mol. The maximum atomic E-state index is 11.1. The van der Waals surface area contributed by atoms with Gasteiger partial charge in [-0.1, -0.05) is 37.3 Å². The Balaban J connectivity index is 2.25. The zero-order chi connectivity index (χ0) is 15.1. The van der Waals surface area contributed by atoms with E-state index in [0.29, 0.717) is 12.1 Å². The van der Waals surface area contributed by atoms with Crippen LogP contribution in [0, 0.1) is 10.1 Å². The van der Waals surface area contributed by atoms with E-state index < -0.39 is 0 Å². The molecule has 2 aromatic rings. The van der Waals surface area contributed by atoms with Crippen molar-refractivity contribution in [3.05, 3.63) is 70.0 Å². The first kappa shape index (κ1) is 15.1. The highest BCUT2D eigenvalue weighted by Crippen LogP contribution is 2.23. The normalized spacial score (nSPS) is 12.0. The Morgan fingerprint density at radius 3 is 2.67 bits per heavy atom. The number of nitrogens with zero attached hydrogens (tertiary/aromatic N) is 2. The van der Waals surface area contributed by atoms with Crippen molar-refractivity contribution < 1.29 is 4.92 Å². The zero-order valence-corrected chi connectivity index (χ0v) is 12.0. The largest absolute Gasteiger partial charge is 0.310 e. The number of nitro groups is 1. The third-order valence-corrected chi connectivity index (χ3v) is 3.30. The van der Waals surface area contributed by atoms with Gasteiger partial charge in [0, 0.05) is 24.7 Å². The first-order valence-corrected chi connectivity index (χ1v) is 7.09. The molecule has 0 bridgehead atoms. The molecule has 0 saturated heterocycles. The monoisotopic (exact) mass is 285 g/mol. The fourth-order valence-corrected chi connectivity index (χ4v) is 2.26. The summed E-state index contributed by atoms with van der Waals surface area (Å²) in [4.78, 5) is 14.9. The van der Waals surface area contributed by atoms with Crippen molar-refractivity contribution >= 4 is 5.69 Å². The van der Waals surface area contributed by atoms with Crippen molar-refractivity contribution in [1.82, 2.24) is 10.3 Å². The van der Waals surface area contributed by atoms with E-state index in [-0.39, 0.29) is 16.7 Å². The Hall–Kier alpha value is -2.27. The van der Waals surface area contributed by atoms with Crippen molar-refractivity contribution in [2.75, 3.05) is 6.54 Å². The maximum absolute atomic E-state index is 11.1. The van der Waals surface area contributed by atoms with E-state index in [1.165, 1.54) is 6.07 Å². The molecule has 5 heteroatoms. The number of hydrogen-bond acceptors (Lipinski definition) is 4. The molecule has 0 aliphatic carbocycles. The molecule has 0 fully saturated rings. The van der Waals surface area contributed by atoms with E-state index in [4.69, 9.17) is 0 Å². The lowest BCUT2D eigenvalue weighted by Gasteiger charge is -2.18. The SMILES string of the molecule is CCCNC(Cc1ncccc1[N+](=O)[O-])c1ccccc1. The Bertz CT molecular complexity index is 587. The van der Waals surface area contributed by atoms with Gasteiger partial charge in [0.25, 0.3) is 5.69 Å². The smallest absolute Gasteiger partial charge is 0.290 e. The third-order valence-electron chi connectivity index (χ3n) is 3.30. The Morgan fingerprint density at radius 2 is 2.00 bits per heavy atom. The molecule has 0 aliphatic rings. The van der Waals surface area contributed by atoms with Gasteiger partial charge < -0.3 is 5.32 Å². The number of benzene rings is 1.